The van der Waals surface area contributed by atoms with Gasteiger partial charge >= 0.3 is 0 Å². The van der Waals surface area contributed by atoms with Gasteiger partial charge in [-0.2, -0.15) is 10.1 Å². The van der Waals surface area contributed by atoms with Crippen LogP contribution in [0.25, 0.3) is 10.8 Å². The maximum Gasteiger partial charge on any atom is 0.268 e. The molecule has 2 N–H and O–H groups in total. The number of halogens is 1. The number of nitrogens with one attached hydrogen (secondary N) is 2. The normalized spacial score (nSPS) is 16.7. The van der Waals surface area contributed by atoms with E-state index < -0.39 is 0 Å². The summed E-state index contributed by atoms with van der Waals surface area (Å²) in [6.45, 7) is 2.43. The summed E-state index contributed by atoms with van der Waals surface area (Å²) >= 11 is 1.53. The first-order valence-corrected chi connectivity index (χ1v) is 9.53. The maximum atomic E-state index is 12.1. The number of amides is 1. The molecule has 3 aromatic rings. The number of carbonyl (C=O) groups excluding carboxylic acids is 1. The lowest BCUT2D eigenvalue weighted by Gasteiger charge is -2.20. The molecular weight excluding hydrogens is 388 g/mol. The van der Waals surface area contributed by atoms with Gasteiger partial charge in [-0.3, -0.25) is 9.48 Å². The molecule has 27 heavy (non-hydrogen) atoms. The summed E-state index contributed by atoms with van der Waals surface area (Å²) in [4.78, 5) is 17.3. The Balaban J connectivity index is 0.00000210. The van der Waals surface area contributed by atoms with Gasteiger partial charge in [0.25, 0.3) is 5.89 Å². The van der Waals surface area contributed by atoms with Gasteiger partial charge in [-0.15, -0.1) is 23.7 Å². The van der Waals surface area contributed by atoms with Crippen molar-refractivity contribution in [3.05, 3.63) is 41.3 Å². The second-order valence-electron chi connectivity index (χ2n) is 6.25. The van der Waals surface area contributed by atoms with Crippen molar-refractivity contribution in [3.63, 3.8) is 0 Å². The van der Waals surface area contributed by atoms with Crippen molar-refractivity contribution in [2.75, 3.05) is 13.1 Å². The predicted molar refractivity (Wildman–Crippen MR) is 104 cm³/mol. The van der Waals surface area contributed by atoms with E-state index in [-0.39, 0.29) is 31.4 Å². The molecule has 4 rings (SSSR count). The van der Waals surface area contributed by atoms with E-state index >= 15 is 0 Å². The van der Waals surface area contributed by atoms with Gasteiger partial charge in [-0.1, -0.05) is 11.2 Å². The third-order valence-corrected chi connectivity index (χ3v) is 5.18. The molecule has 1 saturated heterocycles. The fourth-order valence-electron chi connectivity index (χ4n) is 2.99. The predicted octanol–water partition coefficient (Wildman–Crippen LogP) is 2.20. The number of aromatic nitrogens is 4. The Morgan fingerprint density at radius 1 is 1.44 bits per heavy atom. The molecule has 144 valence electrons. The van der Waals surface area contributed by atoms with Gasteiger partial charge in [0.15, 0.2) is 5.82 Å². The molecule has 0 bridgehead atoms. The van der Waals surface area contributed by atoms with Crippen LogP contribution in [0.2, 0.25) is 0 Å². The van der Waals surface area contributed by atoms with Crippen LogP contribution in [-0.2, 0) is 17.9 Å². The highest BCUT2D eigenvalue weighted by Crippen LogP contribution is 2.22. The highest BCUT2D eigenvalue weighted by molar-refractivity contribution is 7.13. The average molecular weight is 409 g/mol. The van der Waals surface area contributed by atoms with Gasteiger partial charge in [0.1, 0.15) is 6.54 Å². The van der Waals surface area contributed by atoms with E-state index in [0.29, 0.717) is 17.6 Å². The number of piperidine rings is 1. The molecule has 0 aromatic carbocycles. The van der Waals surface area contributed by atoms with E-state index in [1.165, 1.54) is 11.3 Å². The SMILES string of the molecule is Cl.O=C(Cn1ccc(C2CCCNC2)n1)NCc1noc(-c2cccs2)n1. The lowest BCUT2D eigenvalue weighted by molar-refractivity contribution is -0.122. The molecule has 0 radical (unpaired) electrons. The topological polar surface area (TPSA) is 97.9 Å². The number of nitrogens with zero attached hydrogens (tertiary/aromatic N) is 4. The van der Waals surface area contributed by atoms with Crippen LogP contribution in [-0.4, -0.2) is 38.9 Å². The molecule has 1 unspecified atom stereocenters. The van der Waals surface area contributed by atoms with Crippen molar-refractivity contribution in [1.29, 1.82) is 0 Å². The zero-order chi connectivity index (χ0) is 17.8. The van der Waals surface area contributed by atoms with Crippen LogP contribution in [0.1, 0.15) is 30.3 Å². The van der Waals surface area contributed by atoms with E-state index in [0.717, 1.165) is 36.5 Å². The third-order valence-electron chi connectivity index (χ3n) is 4.33. The summed E-state index contributed by atoms with van der Waals surface area (Å²) in [5.41, 5.74) is 1.05. The maximum absolute atomic E-state index is 12.1. The second kappa shape index (κ2) is 9.12. The van der Waals surface area contributed by atoms with Gasteiger partial charge in [-0.25, -0.2) is 0 Å². The third kappa shape index (κ3) is 4.94. The average Bonchev–Trinajstić information content (AvgIpc) is 3.41. The van der Waals surface area contributed by atoms with Crippen molar-refractivity contribution in [2.45, 2.75) is 31.8 Å². The van der Waals surface area contributed by atoms with Crippen LogP contribution < -0.4 is 10.6 Å². The summed E-state index contributed by atoms with van der Waals surface area (Å²) in [5.74, 6) is 1.23. The first-order valence-electron chi connectivity index (χ1n) is 8.65. The molecule has 8 nitrogen and oxygen atoms in total. The number of carbonyl (C=O) groups is 1. The van der Waals surface area contributed by atoms with Crippen LogP contribution in [0.4, 0.5) is 0 Å². The van der Waals surface area contributed by atoms with Crippen molar-refractivity contribution >= 4 is 29.7 Å². The number of thiophene rings is 1. The van der Waals surface area contributed by atoms with E-state index in [1.807, 2.05) is 29.8 Å². The Morgan fingerprint density at radius 3 is 3.15 bits per heavy atom. The Labute approximate surface area is 166 Å². The Bertz CT molecular complexity index is 857. The fourth-order valence-corrected chi connectivity index (χ4v) is 3.64. The minimum atomic E-state index is -0.135. The second-order valence-corrected chi connectivity index (χ2v) is 7.20. The highest BCUT2D eigenvalue weighted by atomic mass is 35.5. The molecule has 1 amide bonds. The van der Waals surface area contributed by atoms with Gasteiger partial charge in [0, 0.05) is 18.7 Å². The molecule has 3 aromatic heterocycles. The minimum Gasteiger partial charge on any atom is -0.347 e. The summed E-state index contributed by atoms with van der Waals surface area (Å²) in [6.07, 6.45) is 4.16. The highest BCUT2D eigenvalue weighted by Gasteiger charge is 2.18. The van der Waals surface area contributed by atoms with Crippen LogP contribution in [0.3, 0.4) is 0 Å². The summed E-state index contributed by atoms with van der Waals surface area (Å²) in [5, 5.41) is 16.6. The zero-order valence-electron chi connectivity index (χ0n) is 14.6. The van der Waals surface area contributed by atoms with E-state index in [9.17, 15) is 4.79 Å². The standard InChI is InChI=1S/C17H20N6O2S.ClH/c24-16(11-23-7-5-13(21-23)12-3-1-6-18-9-12)19-10-15-20-17(25-22-15)14-4-2-8-26-14;/h2,4-5,7-8,12,18H,1,3,6,9-11H2,(H,19,24);1H. The lowest BCUT2D eigenvalue weighted by atomic mass is 9.97. The van der Waals surface area contributed by atoms with Crippen LogP contribution in [0, 0.1) is 0 Å². The van der Waals surface area contributed by atoms with Crippen molar-refractivity contribution in [3.8, 4) is 10.8 Å². The lowest BCUT2D eigenvalue weighted by Crippen LogP contribution is -2.29. The molecule has 10 heteroatoms. The summed E-state index contributed by atoms with van der Waals surface area (Å²) in [7, 11) is 0. The van der Waals surface area contributed by atoms with E-state index in [1.54, 1.807) is 4.68 Å². The van der Waals surface area contributed by atoms with Gasteiger partial charge < -0.3 is 15.2 Å². The summed E-state index contributed by atoms with van der Waals surface area (Å²) in [6, 6.07) is 5.84. The largest absolute Gasteiger partial charge is 0.347 e. The molecule has 1 aliphatic heterocycles. The Hall–Kier alpha value is -2.23. The molecular formula is C17H21ClN6O2S. The minimum absolute atomic E-state index is 0. The molecule has 0 saturated carbocycles. The van der Waals surface area contributed by atoms with E-state index in [4.69, 9.17) is 4.52 Å². The van der Waals surface area contributed by atoms with Gasteiger partial charge in [-0.05, 0) is 36.9 Å². The molecule has 1 fully saturated rings. The molecule has 1 aliphatic rings. The number of rotatable bonds is 6. The van der Waals surface area contributed by atoms with Crippen molar-refractivity contribution < 1.29 is 9.32 Å². The number of hydrogen-bond donors (Lipinski definition) is 2. The van der Waals surface area contributed by atoms with Crippen LogP contribution in [0.15, 0.2) is 34.3 Å². The Morgan fingerprint density at radius 2 is 2.37 bits per heavy atom. The smallest absolute Gasteiger partial charge is 0.268 e. The Kier molecular flexibility index (Phi) is 6.59. The molecule has 4 heterocycles. The number of hydrogen-bond acceptors (Lipinski definition) is 7. The molecule has 0 aliphatic carbocycles. The van der Waals surface area contributed by atoms with Crippen LogP contribution in [0.5, 0.6) is 0 Å². The first-order chi connectivity index (χ1) is 12.8. The molecule has 0 spiro atoms. The molecule has 1 atom stereocenters. The van der Waals surface area contributed by atoms with Gasteiger partial charge in [0.05, 0.1) is 17.1 Å². The van der Waals surface area contributed by atoms with Gasteiger partial charge in [0.2, 0.25) is 5.91 Å². The monoisotopic (exact) mass is 408 g/mol. The zero-order valence-corrected chi connectivity index (χ0v) is 16.3. The van der Waals surface area contributed by atoms with Crippen LogP contribution >= 0.6 is 23.7 Å². The quantitative estimate of drug-likeness (QED) is 0.648. The van der Waals surface area contributed by atoms with Crippen molar-refractivity contribution in [2.24, 2.45) is 0 Å². The van der Waals surface area contributed by atoms with E-state index in [2.05, 4.69) is 25.9 Å². The first kappa shape index (κ1) is 19.5. The summed E-state index contributed by atoms with van der Waals surface area (Å²) < 4.78 is 6.88. The fraction of sp³-hybridized carbons (Fsp3) is 0.412. The van der Waals surface area contributed by atoms with Crippen molar-refractivity contribution in [1.82, 2.24) is 30.6 Å².